The van der Waals surface area contributed by atoms with Gasteiger partial charge in [0.1, 0.15) is 0 Å². The smallest absolute Gasteiger partial charge is 0.338 e. The van der Waals surface area contributed by atoms with Gasteiger partial charge in [-0.1, -0.05) is 47.5 Å². The van der Waals surface area contributed by atoms with Gasteiger partial charge < -0.3 is 10.1 Å². The Kier molecular flexibility index (Phi) is 5.96. The average Bonchev–Trinajstić information content (AvgIpc) is 3.33. The van der Waals surface area contributed by atoms with Crippen LogP contribution < -0.4 is 5.32 Å². The molecule has 0 saturated carbocycles. The van der Waals surface area contributed by atoms with E-state index in [1.54, 1.807) is 30.3 Å². The number of allylic oxidation sites excluding steroid dienone is 2. The lowest BCUT2D eigenvalue weighted by molar-refractivity contribution is 0.0474. The molecule has 3 aromatic carbocycles. The minimum Gasteiger partial charge on any atom is -0.454 e. The van der Waals surface area contributed by atoms with Gasteiger partial charge in [-0.25, -0.2) is 4.79 Å². The van der Waals surface area contributed by atoms with Crippen LogP contribution in [0, 0.1) is 5.92 Å². The highest BCUT2D eigenvalue weighted by atomic mass is 35.5. The summed E-state index contributed by atoms with van der Waals surface area (Å²) in [5.41, 5.74) is 4.14. The topological polar surface area (TPSA) is 55.4 Å². The Morgan fingerprint density at radius 2 is 1.58 bits per heavy atom. The first-order valence-corrected chi connectivity index (χ1v) is 11.5. The SMILES string of the molecule is O=C(COC(=O)c1ccc2c(c1)[C@H]1C=CC[C@@H]1[C@@H](c1ccc(Cl)cc1)N2)c1ccc(Cl)cc1. The molecule has 0 spiro atoms. The first-order valence-electron chi connectivity index (χ1n) is 10.8. The van der Waals surface area contributed by atoms with Gasteiger partial charge in [-0.05, 0) is 78.1 Å². The maximum absolute atomic E-state index is 12.7. The van der Waals surface area contributed by atoms with Gasteiger partial charge >= 0.3 is 5.97 Å². The normalized spacial score (nSPS) is 20.5. The maximum Gasteiger partial charge on any atom is 0.338 e. The van der Waals surface area contributed by atoms with Gasteiger partial charge in [-0.3, -0.25) is 4.79 Å². The van der Waals surface area contributed by atoms with Gasteiger partial charge in [0, 0.05) is 27.2 Å². The molecule has 4 nitrogen and oxygen atoms in total. The number of esters is 1. The van der Waals surface area contributed by atoms with Crippen molar-refractivity contribution in [3.8, 4) is 0 Å². The third-order valence-electron chi connectivity index (χ3n) is 6.33. The van der Waals surface area contributed by atoms with E-state index in [0.29, 0.717) is 27.1 Å². The van der Waals surface area contributed by atoms with Crippen molar-refractivity contribution in [3.05, 3.63) is 111 Å². The summed E-state index contributed by atoms with van der Waals surface area (Å²) in [7, 11) is 0. The van der Waals surface area contributed by atoms with Gasteiger partial charge in [0.2, 0.25) is 0 Å². The summed E-state index contributed by atoms with van der Waals surface area (Å²) >= 11 is 11.9. The molecule has 1 N–H and O–H groups in total. The van der Waals surface area contributed by atoms with Crippen LogP contribution in [0.5, 0.6) is 0 Å². The molecule has 0 fully saturated rings. The van der Waals surface area contributed by atoms with Gasteiger partial charge in [0.15, 0.2) is 12.4 Å². The monoisotopic (exact) mass is 477 g/mol. The van der Waals surface area contributed by atoms with Crippen molar-refractivity contribution in [2.45, 2.75) is 18.4 Å². The molecule has 6 heteroatoms. The molecular formula is C27H21Cl2NO3. The zero-order valence-corrected chi connectivity index (χ0v) is 19.1. The highest BCUT2D eigenvalue weighted by Crippen LogP contribution is 2.50. The van der Waals surface area contributed by atoms with Crippen LogP contribution in [0.15, 0.2) is 78.9 Å². The van der Waals surface area contributed by atoms with E-state index < -0.39 is 5.97 Å². The van der Waals surface area contributed by atoms with E-state index in [9.17, 15) is 9.59 Å². The van der Waals surface area contributed by atoms with E-state index in [4.69, 9.17) is 27.9 Å². The number of ether oxygens (including phenoxy) is 1. The maximum atomic E-state index is 12.7. The summed E-state index contributed by atoms with van der Waals surface area (Å²) < 4.78 is 5.31. The van der Waals surface area contributed by atoms with Crippen molar-refractivity contribution in [3.63, 3.8) is 0 Å². The lowest BCUT2D eigenvalue weighted by Crippen LogP contribution is -2.29. The second-order valence-electron chi connectivity index (χ2n) is 8.34. The van der Waals surface area contributed by atoms with Crippen LogP contribution in [0.3, 0.4) is 0 Å². The molecule has 33 heavy (non-hydrogen) atoms. The first kappa shape index (κ1) is 21.7. The molecule has 0 aromatic heterocycles. The quantitative estimate of drug-likeness (QED) is 0.247. The van der Waals surface area contributed by atoms with Crippen LogP contribution in [0.4, 0.5) is 5.69 Å². The van der Waals surface area contributed by atoms with Crippen molar-refractivity contribution in [1.29, 1.82) is 0 Å². The first-order chi connectivity index (χ1) is 16.0. The molecule has 0 radical (unpaired) electrons. The fourth-order valence-corrected chi connectivity index (χ4v) is 4.91. The number of hydrogen-bond donors (Lipinski definition) is 1. The van der Waals surface area contributed by atoms with Crippen LogP contribution in [0.1, 0.15) is 50.2 Å². The summed E-state index contributed by atoms with van der Waals surface area (Å²) in [4.78, 5) is 25.0. The zero-order valence-electron chi connectivity index (χ0n) is 17.6. The molecular weight excluding hydrogens is 457 g/mol. The molecule has 1 aliphatic carbocycles. The van der Waals surface area contributed by atoms with Crippen LogP contribution >= 0.6 is 23.2 Å². The molecule has 3 aromatic rings. The largest absolute Gasteiger partial charge is 0.454 e. The van der Waals surface area contributed by atoms with Crippen molar-refractivity contribution >= 4 is 40.6 Å². The summed E-state index contributed by atoms with van der Waals surface area (Å²) in [5, 5.41) is 4.91. The van der Waals surface area contributed by atoms with E-state index in [1.807, 2.05) is 24.3 Å². The molecule has 0 unspecified atom stereocenters. The predicted octanol–water partition coefficient (Wildman–Crippen LogP) is 6.86. The molecule has 1 heterocycles. The number of nitrogens with one attached hydrogen (secondary N) is 1. The second-order valence-corrected chi connectivity index (χ2v) is 9.21. The lowest BCUT2D eigenvalue weighted by atomic mass is 9.76. The Balaban J connectivity index is 1.33. The summed E-state index contributed by atoms with van der Waals surface area (Å²) in [6, 6.07) is 20.1. The van der Waals surface area contributed by atoms with E-state index in [-0.39, 0.29) is 24.3 Å². The molecule has 0 bridgehead atoms. The number of carbonyl (C=O) groups excluding carboxylic acids is 2. The Bertz CT molecular complexity index is 1240. The fraction of sp³-hybridized carbons (Fsp3) is 0.185. The van der Waals surface area contributed by atoms with Crippen LogP contribution in [-0.2, 0) is 4.74 Å². The van der Waals surface area contributed by atoms with E-state index >= 15 is 0 Å². The number of halogens is 2. The Labute approximate surface area is 202 Å². The molecule has 1 aliphatic heterocycles. The van der Waals surface area contributed by atoms with E-state index in [0.717, 1.165) is 17.7 Å². The van der Waals surface area contributed by atoms with E-state index in [2.05, 4.69) is 29.6 Å². The van der Waals surface area contributed by atoms with E-state index in [1.165, 1.54) is 5.56 Å². The summed E-state index contributed by atoms with van der Waals surface area (Å²) in [5.74, 6) is -0.246. The van der Waals surface area contributed by atoms with Gasteiger partial charge in [0.25, 0.3) is 0 Å². The number of fused-ring (bicyclic) bond motifs is 3. The predicted molar refractivity (Wildman–Crippen MR) is 130 cm³/mol. The third-order valence-corrected chi connectivity index (χ3v) is 6.83. The highest BCUT2D eigenvalue weighted by molar-refractivity contribution is 6.30. The van der Waals surface area contributed by atoms with Crippen molar-refractivity contribution in [1.82, 2.24) is 0 Å². The zero-order chi connectivity index (χ0) is 22.9. The van der Waals surface area contributed by atoms with Crippen molar-refractivity contribution < 1.29 is 14.3 Å². The standard InChI is InChI=1S/C27H21Cl2NO3/c28-19-9-4-16(5-10-19)25(31)15-33-27(32)18-8-13-24-23(14-18)21-2-1-3-22(21)26(30-24)17-6-11-20(29)12-7-17/h1-2,4-14,21-22,26,30H,3,15H2/t21-,22-,26+/m0/s1. The third kappa shape index (κ3) is 4.41. The van der Waals surface area contributed by atoms with Gasteiger partial charge in [-0.15, -0.1) is 0 Å². The minimum absolute atomic E-state index is 0.157. The summed E-state index contributed by atoms with van der Waals surface area (Å²) in [6.45, 7) is -0.319. The van der Waals surface area contributed by atoms with Crippen molar-refractivity contribution in [2.75, 3.05) is 11.9 Å². The number of ketones is 1. The highest BCUT2D eigenvalue weighted by Gasteiger charge is 2.38. The molecule has 2 aliphatic rings. The molecule has 0 saturated heterocycles. The number of carbonyl (C=O) groups is 2. The van der Waals surface area contributed by atoms with Gasteiger partial charge in [-0.2, -0.15) is 0 Å². The van der Waals surface area contributed by atoms with Crippen LogP contribution in [0.2, 0.25) is 10.0 Å². The van der Waals surface area contributed by atoms with Crippen LogP contribution in [0.25, 0.3) is 0 Å². The number of anilines is 1. The fourth-order valence-electron chi connectivity index (χ4n) is 4.66. The molecule has 3 atom stereocenters. The molecule has 0 amide bonds. The Morgan fingerprint density at radius 3 is 2.30 bits per heavy atom. The molecule has 5 rings (SSSR count). The average molecular weight is 478 g/mol. The van der Waals surface area contributed by atoms with Gasteiger partial charge in [0.05, 0.1) is 11.6 Å². The number of rotatable bonds is 5. The summed E-state index contributed by atoms with van der Waals surface area (Å²) in [6.07, 6.45) is 5.37. The Hall–Kier alpha value is -3.08. The van der Waals surface area contributed by atoms with Crippen LogP contribution in [-0.4, -0.2) is 18.4 Å². The minimum atomic E-state index is -0.515. The van der Waals surface area contributed by atoms with Crippen molar-refractivity contribution in [2.24, 2.45) is 5.92 Å². The lowest BCUT2D eigenvalue weighted by Gasteiger charge is -2.37. The Morgan fingerprint density at radius 1 is 0.909 bits per heavy atom. The second kappa shape index (κ2) is 9.05. The molecule has 166 valence electrons. The number of benzene rings is 3. The number of Topliss-reactive ketones (excluding diaryl/α,β-unsaturated/α-hetero) is 1. The number of hydrogen-bond acceptors (Lipinski definition) is 4.